The molecule has 0 aliphatic heterocycles. The zero-order valence-corrected chi connectivity index (χ0v) is 28.1. The van der Waals surface area contributed by atoms with Crippen LogP contribution in [-0.2, 0) is 5.41 Å². The van der Waals surface area contributed by atoms with Gasteiger partial charge in [0, 0.05) is 44.5 Å². The summed E-state index contributed by atoms with van der Waals surface area (Å²) in [6.45, 7) is 0. The van der Waals surface area contributed by atoms with Crippen molar-refractivity contribution in [3.8, 4) is 22.3 Å². The summed E-state index contributed by atoms with van der Waals surface area (Å²) in [5, 5.41) is 4.62. The number of hydrogen-bond acceptors (Lipinski definition) is 2. The van der Waals surface area contributed by atoms with Crippen molar-refractivity contribution in [1.29, 1.82) is 0 Å². The quantitative estimate of drug-likeness (QED) is 0.189. The first kappa shape index (κ1) is 28.7. The van der Waals surface area contributed by atoms with Gasteiger partial charge in [-0.1, -0.05) is 163 Å². The highest BCUT2D eigenvalue weighted by molar-refractivity contribution is 6.10. The van der Waals surface area contributed by atoms with Gasteiger partial charge in [-0.25, -0.2) is 0 Å². The topological polar surface area (TPSA) is 26.3 Å². The molecule has 11 rings (SSSR count). The molecule has 0 N–H and O–H groups in total. The number of rotatable bonds is 4. The molecule has 0 saturated carbocycles. The lowest BCUT2D eigenvalue weighted by molar-refractivity contribution is 0.424. The van der Waals surface area contributed by atoms with Crippen molar-refractivity contribution in [1.82, 2.24) is 0 Å². The van der Waals surface area contributed by atoms with E-state index in [2.05, 4.69) is 158 Å². The van der Waals surface area contributed by atoms with Crippen LogP contribution in [-0.4, -0.2) is 0 Å². The van der Waals surface area contributed by atoms with Crippen molar-refractivity contribution < 1.29 is 8.83 Å². The van der Waals surface area contributed by atoms with E-state index in [1.807, 2.05) is 12.1 Å². The molecule has 3 aliphatic carbocycles. The molecule has 3 aliphatic rings. The Balaban J connectivity index is 1.08. The van der Waals surface area contributed by atoms with Gasteiger partial charge in [-0.3, -0.25) is 0 Å². The van der Waals surface area contributed by atoms with Crippen LogP contribution < -0.4 is 0 Å². The number of furan rings is 2. The van der Waals surface area contributed by atoms with Crippen molar-refractivity contribution in [2.24, 2.45) is 11.8 Å². The lowest BCUT2D eigenvalue weighted by Gasteiger charge is -2.40. The number of benzene rings is 6. The normalized spacial score (nSPS) is 19.1. The molecule has 0 radical (unpaired) electrons. The Morgan fingerprint density at radius 3 is 1.63 bits per heavy atom. The third-order valence-corrected chi connectivity index (χ3v) is 11.8. The second-order valence-electron chi connectivity index (χ2n) is 14.2. The van der Waals surface area contributed by atoms with Gasteiger partial charge >= 0.3 is 0 Å². The molecule has 242 valence electrons. The average Bonchev–Trinajstić information content (AvgIpc) is 3.87. The minimum Gasteiger partial charge on any atom is -0.455 e. The lowest BCUT2D eigenvalue weighted by Crippen LogP contribution is -2.36. The maximum atomic E-state index is 6.45. The Kier molecular flexibility index (Phi) is 6.15. The van der Waals surface area contributed by atoms with E-state index in [9.17, 15) is 0 Å². The van der Waals surface area contributed by atoms with Gasteiger partial charge in [-0.2, -0.15) is 0 Å². The molecule has 2 nitrogen and oxygen atoms in total. The standard InChI is InChI=1S/C49H34O2/c1-5-19-43-37(11-1)38-12-2-6-20-44(38)49(43,33-27-23-31(24-28-33)35-15-9-17-41-39-13-3-7-21-45(39)50-47(35)41)34-29-25-32(26-30-34)36-16-10-18-42-40-14-4-8-22-46(40)51-48(36)42/h1,3-11,13-30,37,43H,2,12H2. The first-order chi connectivity index (χ1) is 25.3. The lowest BCUT2D eigenvalue weighted by atomic mass is 9.62. The van der Waals surface area contributed by atoms with Crippen molar-refractivity contribution in [2.75, 3.05) is 0 Å². The van der Waals surface area contributed by atoms with E-state index in [4.69, 9.17) is 8.83 Å². The summed E-state index contributed by atoms with van der Waals surface area (Å²) in [7, 11) is 0. The van der Waals surface area contributed by atoms with Crippen LogP contribution in [0.5, 0.6) is 0 Å². The summed E-state index contributed by atoms with van der Waals surface area (Å²) in [6.07, 6.45) is 16.4. The predicted molar refractivity (Wildman–Crippen MR) is 210 cm³/mol. The fourth-order valence-corrected chi connectivity index (χ4v) is 9.58. The van der Waals surface area contributed by atoms with Crippen LogP contribution in [0.4, 0.5) is 0 Å². The SMILES string of the molecule is C1=CC2C3=C(C=CCC3)C(c3ccc(-c4cccc5c4oc4ccccc45)cc3)(c3ccc(-c4cccc5c4oc4ccccc45)cc3)C2C=C1. The fourth-order valence-electron chi connectivity index (χ4n) is 9.58. The summed E-state index contributed by atoms with van der Waals surface area (Å²) in [5.74, 6) is 0.660. The summed E-state index contributed by atoms with van der Waals surface area (Å²) in [6, 6.07) is 48.3. The second-order valence-corrected chi connectivity index (χ2v) is 14.2. The Morgan fingerprint density at radius 1 is 0.510 bits per heavy atom. The highest BCUT2D eigenvalue weighted by Gasteiger charge is 2.53. The molecule has 2 heteroatoms. The van der Waals surface area contributed by atoms with Crippen molar-refractivity contribution in [3.05, 3.63) is 192 Å². The Morgan fingerprint density at radius 2 is 1.04 bits per heavy atom. The number of para-hydroxylation sites is 4. The van der Waals surface area contributed by atoms with Crippen LogP contribution in [0.15, 0.2) is 190 Å². The summed E-state index contributed by atoms with van der Waals surface area (Å²) in [4.78, 5) is 0. The van der Waals surface area contributed by atoms with Gasteiger partial charge in [-0.05, 0) is 52.8 Å². The van der Waals surface area contributed by atoms with E-state index >= 15 is 0 Å². The molecular formula is C49H34O2. The van der Waals surface area contributed by atoms with Crippen molar-refractivity contribution in [3.63, 3.8) is 0 Å². The smallest absolute Gasteiger partial charge is 0.143 e. The average molecular weight is 655 g/mol. The summed E-state index contributed by atoms with van der Waals surface area (Å²) >= 11 is 0. The molecule has 2 atom stereocenters. The van der Waals surface area contributed by atoms with Gasteiger partial charge in [0.15, 0.2) is 0 Å². The van der Waals surface area contributed by atoms with Gasteiger partial charge in [-0.15, -0.1) is 0 Å². The van der Waals surface area contributed by atoms with E-state index in [1.54, 1.807) is 5.57 Å². The molecule has 0 saturated heterocycles. The van der Waals surface area contributed by atoms with Gasteiger partial charge in [0.1, 0.15) is 22.3 Å². The first-order valence-corrected chi connectivity index (χ1v) is 18.1. The van der Waals surface area contributed by atoms with E-state index in [1.165, 1.54) is 16.7 Å². The predicted octanol–water partition coefficient (Wildman–Crippen LogP) is 13.1. The van der Waals surface area contributed by atoms with Gasteiger partial charge in [0.05, 0.1) is 5.41 Å². The first-order valence-electron chi connectivity index (χ1n) is 18.1. The molecule has 51 heavy (non-hydrogen) atoms. The van der Waals surface area contributed by atoms with Gasteiger partial charge in [0.2, 0.25) is 0 Å². The maximum Gasteiger partial charge on any atom is 0.143 e. The van der Waals surface area contributed by atoms with Crippen LogP contribution in [0.1, 0.15) is 24.0 Å². The maximum absolute atomic E-state index is 6.45. The molecule has 2 heterocycles. The monoisotopic (exact) mass is 654 g/mol. The van der Waals surface area contributed by atoms with Crippen molar-refractivity contribution in [2.45, 2.75) is 18.3 Å². The summed E-state index contributed by atoms with van der Waals surface area (Å²) in [5.41, 5.74) is 13.7. The number of fused-ring (bicyclic) bond motifs is 8. The Labute approximate surface area is 296 Å². The zero-order valence-electron chi connectivity index (χ0n) is 28.1. The van der Waals surface area contributed by atoms with Crippen LogP contribution in [0.25, 0.3) is 66.1 Å². The van der Waals surface area contributed by atoms with Crippen LogP contribution >= 0.6 is 0 Å². The van der Waals surface area contributed by atoms with E-state index in [-0.39, 0.29) is 11.3 Å². The molecule has 2 unspecified atom stereocenters. The zero-order chi connectivity index (χ0) is 33.5. The number of allylic oxidation sites excluding steroid dienone is 8. The third-order valence-electron chi connectivity index (χ3n) is 11.8. The minimum absolute atomic E-state index is 0.282. The van der Waals surface area contributed by atoms with Crippen LogP contribution in [0.3, 0.4) is 0 Å². The van der Waals surface area contributed by atoms with Crippen molar-refractivity contribution >= 4 is 43.9 Å². The van der Waals surface area contributed by atoms with E-state index in [0.717, 1.165) is 79.0 Å². The second kappa shape index (κ2) is 10.9. The molecule has 8 aromatic rings. The largest absolute Gasteiger partial charge is 0.455 e. The van der Waals surface area contributed by atoms with Gasteiger partial charge in [0.25, 0.3) is 0 Å². The fraction of sp³-hybridized carbons (Fsp3) is 0.102. The third kappa shape index (κ3) is 4.05. The molecule has 2 aromatic heterocycles. The van der Waals surface area contributed by atoms with E-state index < -0.39 is 0 Å². The molecule has 0 amide bonds. The Hall–Kier alpha value is -6.12. The Bertz CT molecular complexity index is 2640. The highest BCUT2D eigenvalue weighted by atomic mass is 16.3. The minimum atomic E-state index is -0.327. The van der Waals surface area contributed by atoms with Gasteiger partial charge < -0.3 is 8.83 Å². The molecule has 6 aromatic carbocycles. The molecule has 0 bridgehead atoms. The van der Waals surface area contributed by atoms with Crippen LogP contribution in [0, 0.1) is 11.8 Å². The van der Waals surface area contributed by atoms with E-state index in [0.29, 0.717) is 5.92 Å². The molecule has 0 spiro atoms. The summed E-state index contributed by atoms with van der Waals surface area (Å²) < 4.78 is 12.9. The highest BCUT2D eigenvalue weighted by Crippen LogP contribution is 2.60. The van der Waals surface area contributed by atoms with Crippen LogP contribution in [0.2, 0.25) is 0 Å². The molecule has 0 fully saturated rings. The molecular weight excluding hydrogens is 621 g/mol. The number of hydrogen-bond donors (Lipinski definition) is 0.